The van der Waals surface area contributed by atoms with Crippen LogP contribution in [0.3, 0.4) is 0 Å². The highest BCUT2D eigenvalue weighted by molar-refractivity contribution is 5.74. The standard InChI is InChI=1S/C19H27FO3/c1-12(2)17-10-5-13(3)11-18(17)23-19(21)14(4)22-16-8-6-15(20)7-9-16/h6-9,12-14,17-18H,5,10-11H2,1-4H3/t13-,14+,17-,18+/m0/s1. The molecular formula is C19H27FO3. The highest BCUT2D eigenvalue weighted by Gasteiger charge is 2.34. The number of ether oxygens (including phenoxy) is 2. The van der Waals surface area contributed by atoms with Crippen molar-refractivity contribution in [1.29, 1.82) is 0 Å². The number of hydrogen-bond acceptors (Lipinski definition) is 3. The first-order valence-corrected chi connectivity index (χ1v) is 8.49. The monoisotopic (exact) mass is 322 g/mol. The molecule has 1 fully saturated rings. The van der Waals surface area contributed by atoms with Crippen molar-refractivity contribution in [3.05, 3.63) is 30.1 Å². The van der Waals surface area contributed by atoms with E-state index in [0.717, 1.165) is 12.8 Å². The predicted octanol–water partition coefficient (Wildman–Crippen LogP) is 4.60. The Kier molecular flexibility index (Phi) is 6.03. The lowest BCUT2D eigenvalue weighted by molar-refractivity contribution is -0.163. The average molecular weight is 322 g/mol. The molecule has 2 rings (SSSR count). The molecule has 1 aliphatic carbocycles. The molecule has 0 saturated heterocycles. The van der Waals surface area contributed by atoms with Gasteiger partial charge in [0.05, 0.1) is 0 Å². The molecule has 1 saturated carbocycles. The molecule has 0 amide bonds. The van der Waals surface area contributed by atoms with Crippen LogP contribution in [0.1, 0.15) is 47.0 Å². The van der Waals surface area contributed by atoms with Crippen molar-refractivity contribution in [3.8, 4) is 5.75 Å². The van der Waals surface area contributed by atoms with Crippen LogP contribution in [0.5, 0.6) is 5.75 Å². The minimum Gasteiger partial charge on any atom is -0.479 e. The fraction of sp³-hybridized carbons (Fsp3) is 0.632. The Hall–Kier alpha value is -1.58. The van der Waals surface area contributed by atoms with Crippen LogP contribution in [-0.2, 0) is 9.53 Å². The third-order valence-electron chi connectivity index (χ3n) is 4.69. The van der Waals surface area contributed by atoms with E-state index in [1.54, 1.807) is 6.92 Å². The molecule has 128 valence electrons. The van der Waals surface area contributed by atoms with Gasteiger partial charge in [0.25, 0.3) is 0 Å². The summed E-state index contributed by atoms with van der Waals surface area (Å²) in [7, 11) is 0. The summed E-state index contributed by atoms with van der Waals surface area (Å²) in [4.78, 5) is 12.3. The second kappa shape index (κ2) is 7.80. The fourth-order valence-corrected chi connectivity index (χ4v) is 3.26. The normalized spacial score (nSPS) is 25.9. The van der Waals surface area contributed by atoms with Gasteiger partial charge < -0.3 is 9.47 Å². The van der Waals surface area contributed by atoms with Crippen molar-refractivity contribution >= 4 is 5.97 Å². The molecule has 0 aromatic heterocycles. The molecule has 1 aromatic carbocycles. The molecule has 4 heteroatoms. The quantitative estimate of drug-likeness (QED) is 0.743. The zero-order valence-corrected chi connectivity index (χ0v) is 14.4. The summed E-state index contributed by atoms with van der Waals surface area (Å²) in [5.41, 5.74) is 0. The average Bonchev–Trinajstić information content (AvgIpc) is 2.49. The number of rotatable bonds is 5. The van der Waals surface area contributed by atoms with E-state index in [1.165, 1.54) is 30.7 Å². The number of halogens is 1. The number of hydrogen-bond donors (Lipinski definition) is 0. The van der Waals surface area contributed by atoms with Crippen LogP contribution in [0, 0.1) is 23.6 Å². The predicted molar refractivity (Wildman–Crippen MR) is 87.7 cm³/mol. The lowest BCUT2D eigenvalue weighted by atomic mass is 9.75. The molecule has 0 bridgehead atoms. The smallest absolute Gasteiger partial charge is 0.347 e. The third kappa shape index (κ3) is 4.95. The number of esters is 1. The summed E-state index contributed by atoms with van der Waals surface area (Å²) in [6.07, 6.45) is 2.47. The van der Waals surface area contributed by atoms with E-state index in [0.29, 0.717) is 23.5 Å². The maximum atomic E-state index is 12.9. The Bertz CT molecular complexity index is 512. The molecule has 3 nitrogen and oxygen atoms in total. The summed E-state index contributed by atoms with van der Waals surface area (Å²) >= 11 is 0. The number of carbonyl (C=O) groups is 1. The van der Waals surface area contributed by atoms with Crippen molar-refractivity contribution in [2.75, 3.05) is 0 Å². The fourth-order valence-electron chi connectivity index (χ4n) is 3.26. The molecule has 0 heterocycles. The minimum atomic E-state index is -0.703. The van der Waals surface area contributed by atoms with Crippen LogP contribution < -0.4 is 4.74 Å². The summed E-state index contributed by atoms with van der Waals surface area (Å²) in [6, 6.07) is 5.65. The lowest BCUT2D eigenvalue weighted by Crippen LogP contribution is -2.39. The van der Waals surface area contributed by atoms with Crippen LogP contribution in [0.4, 0.5) is 4.39 Å². The van der Waals surface area contributed by atoms with E-state index in [4.69, 9.17) is 9.47 Å². The molecule has 0 aliphatic heterocycles. The van der Waals surface area contributed by atoms with Gasteiger partial charge >= 0.3 is 5.97 Å². The molecule has 1 aromatic rings. The Balaban J connectivity index is 1.94. The van der Waals surface area contributed by atoms with Gasteiger partial charge in [-0.15, -0.1) is 0 Å². The van der Waals surface area contributed by atoms with Crippen LogP contribution in [0.25, 0.3) is 0 Å². The van der Waals surface area contributed by atoms with E-state index < -0.39 is 6.10 Å². The van der Waals surface area contributed by atoms with Crippen molar-refractivity contribution in [3.63, 3.8) is 0 Å². The van der Waals surface area contributed by atoms with Gasteiger partial charge in [-0.2, -0.15) is 0 Å². The Morgan fingerprint density at radius 2 is 1.83 bits per heavy atom. The van der Waals surface area contributed by atoms with Crippen LogP contribution in [0.15, 0.2) is 24.3 Å². The van der Waals surface area contributed by atoms with Gasteiger partial charge in [-0.25, -0.2) is 9.18 Å². The van der Waals surface area contributed by atoms with E-state index in [1.807, 2.05) is 0 Å². The van der Waals surface area contributed by atoms with Gasteiger partial charge in [-0.1, -0.05) is 27.2 Å². The first-order valence-electron chi connectivity index (χ1n) is 8.49. The molecule has 4 atom stereocenters. The van der Waals surface area contributed by atoms with Gasteiger partial charge in [0.15, 0.2) is 6.10 Å². The Morgan fingerprint density at radius 3 is 2.43 bits per heavy atom. The second-order valence-corrected chi connectivity index (χ2v) is 7.02. The van der Waals surface area contributed by atoms with Crippen molar-refractivity contribution in [1.82, 2.24) is 0 Å². The summed E-state index contributed by atoms with van der Waals surface area (Å²) in [5, 5.41) is 0. The minimum absolute atomic E-state index is 0.0366. The Morgan fingerprint density at radius 1 is 1.17 bits per heavy atom. The zero-order chi connectivity index (χ0) is 17.0. The van der Waals surface area contributed by atoms with E-state index in [2.05, 4.69) is 20.8 Å². The lowest BCUT2D eigenvalue weighted by Gasteiger charge is -2.37. The molecule has 0 unspecified atom stereocenters. The van der Waals surface area contributed by atoms with Gasteiger partial charge in [-0.3, -0.25) is 0 Å². The summed E-state index contributed by atoms with van der Waals surface area (Å²) in [5.74, 6) is 1.27. The molecular weight excluding hydrogens is 295 g/mol. The first kappa shape index (κ1) is 17.8. The van der Waals surface area contributed by atoms with E-state index in [-0.39, 0.29) is 17.9 Å². The van der Waals surface area contributed by atoms with Crippen molar-refractivity contribution < 1.29 is 18.7 Å². The summed E-state index contributed by atoms with van der Waals surface area (Å²) < 4.78 is 24.2. The van der Waals surface area contributed by atoms with Crippen molar-refractivity contribution in [2.45, 2.75) is 59.2 Å². The highest BCUT2D eigenvalue weighted by atomic mass is 19.1. The summed E-state index contributed by atoms with van der Waals surface area (Å²) in [6.45, 7) is 8.23. The van der Waals surface area contributed by atoms with Crippen LogP contribution in [0.2, 0.25) is 0 Å². The first-order chi connectivity index (χ1) is 10.9. The SMILES string of the molecule is CC(C)[C@@H]1CC[C@H](C)C[C@H]1OC(=O)[C@@H](C)Oc1ccc(F)cc1. The van der Waals surface area contributed by atoms with E-state index in [9.17, 15) is 9.18 Å². The molecule has 0 spiro atoms. The Labute approximate surface area is 138 Å². The van der Waals surface area contributed by atoms with Crippen molar-refractivity contribution in [2.24, 2.45) is 17.8 Å². The van der Waals surface area contributed by atoms with Gasteiger partial charge in [0.1, 0.15) is 17.7 Å². The van der Waals surface area contributed by atoms with Gasteiger partial charge in [-0.05, 0) is 61.8 Å². The number of benzene rings is 1. The third-order valence-corrected chi connectivity index (χ3v) is 4.69. The largest absolute Gasteiger partial charge is 0.479 e. The second-order valence-electron chi connectivity index (χ2n) is 7.02. The van der Waals surface area contributed by atoms with Crippen LogP contribution >= 0.6 is 0 Å². The molecule has 0 N–H and O–H groups in total. The zero-order valence-electron chi connectivity index (χ0n) is 14.4. The highest BCUT2D eigenvalue weighted by Crippen LogP contribution is 2.35. The van der Waals surface area contributed by atoms with Crippen LogP contribution in [-0.4, -0.2) is 18.2 Å². The maximum Gasteiger partial charge on any atom is 0.347 e. The number of carbonyl (C=O) groups excluding carboxylic acids is 1. The maximum absolute atomic E-state index is 12.9. The van der Waals surface area contributed by atoms with Gasteiger partial charge in [0, 0.05) is 0 Å². The molecule has 23 heavy (non-hydrogen) atoms. The molecule has 1 aliphatic rings. The van der Waals surface area contributed by atoms with E-state index >= 15 is 0 Å². The topological polar surface area (TPSA) is 35.5 Å². The van der Waals surface area contributed by atoms with Gasteiger partial charge in [0.2, 0.25) is 0 Å². The molecule has 0 radical (unpaired) electrons.